The third kappa shape index (κ3) is 23.4. The number of phosphoric ester groups is 1. The molecule has 64 heavy (non-hydrogen) atoms. The van der Waals surface area contributed by atoms with Crippen LogP contribution in [-0.4, -0.2) is 127 Å². The highest BCUT2D eigenvalue weighted by Crippen LogP contribution is 2.47. The van der Waals surface area contributed by atoms with Crippen molar-refractivity contribution in [2.24, 2.45) is 11.8 Å². The van der Waals surface area contributed by atoms with E-state index in [0.29, 0.717) is 44.9 Å². The zero-order chi connectivity index (χ0) is 47.3. The minimum absolute atomic E-state index is 0.0293. The number of fused-ring (bicyclic) bond motifs is 4. The number of esters is 2. The predicted molar refractivity (Wildman–Crippen MR) is 240 cm³/mol. The molecule has 2 aliphatic rings. The van der Waals surface area contributed by atoms with Crippen molar-refractivity contribution in [2.45, 2.75) is 216 Å². The van der Waals surface area contributed by atoms with Crippen molar-refractivity contribution in [3.05, 3.63) is 36.5 Å². The average Bonchev–Trinajstić information content (AvgIpc) is 3.26. The molecule has 16 nitrogen and oxygen atoms in total. The van der Waals surface area contributed by atoms with Crippen LogP contribution in [0.5, 0.6) is 0 Å². The molecule has 1 saturated heterocycles. The molecule has 1 aliphatic carbocycles. The van der Waals surface area contributed by atoms with E-state index in [2.05, 4.69) is 31.2 Å². The van der Waals surface area contributed by atoms with E-state index in [-0.39, 0.29) is 19.3 Å². The van der Waals surface area contributed by atoms with Crippen LogP contribution < -0.4 is 0 Å². The summed E-state index contributed by atoms with van der Waals surface area (Å²) in [5.74, 6) is -4.88. The van der Waals surface area contributed by atoms with Gasteiger partial charge in [-0.3, -0.25) is 23.4 Å². The lowest BCUT2D eigenvalue weighted by Crippen LogP contribution is -2.55. The van der Waals surface area contributed by atoms with Gasteiger partial charge in [-0.2, -0.15) is 0 Å². The van der Waals surface area contributed by atoms with Crippen molar-refractivity contribution in [1.29, 1.82) is 0 Å². The summed E-state index contributed by atoms with van der Waals surface area (Å²) in [5.41, 5.74) is 0. The van der Waals surface area contributed by atoms with Crippen LogP contribution >= 0.6 is 7.82 Å². The molecule has 17 heteroatoms. The number of aliphatic hydroxyl groups is 7. The molecule has 1 heterocycles. The second kappa shape index (κ2) is 33.2. The molecule has 2 fully saturated rings. The van der Waals surface area contributed by atoms with Crippen LogP contribution in [-0.2, 0) is 37.5 Å². The van der Waals surface area contributed by atoms with Crippen LogP contribution in [0.2, 0.25) is 0 Å². The summed E-state index contributed by atoms with van der Waals surface area (Å²) >= 11 is 0. The van der Waals surface area contributed by atoms with E-state index < -0.39 is 112 Å². The second-order valence-electron chi connectivity index (χ2n) is 17.4. The van der Waals surface area contributed by atoms with Crippen molar-refractivity contribution in [3.63, 3.8) is 0 Å². The van der Waals surface area contributed by atoms with E-state index in [9.17, 15) is 59.6 Å². The van der Waals surface area contributed by atoms with Crippen molar-refractivity contribution >= 4 is 25.5 Å². The number of allylic oxidation sites excluding steroid dienone is 4. The number of carbonyl (C=O) groups excluding carboxylic acids is 3. The topological polar surface area (TPSA) is 267 Å². The number of aliphatic hydroxyl groups excluding tert-OH is 7. The predicted octanol–water partition coefficient (Wildman–Crippen LogP) is 5.98. The van der Waals surface area contributed by atoms with Gasteiger partial charge in [-0.25, -0.2) is 4.57 Å². The molecule has 0 aromatic rings. The number of cyclic esters (lactones) is 1. The number of unbranched alkanes of at least 4 members (excludes halogenated alkanes) is 10. The maximum absolute atomic E-state index is 13.6. The Bertz CT molecular complexity index is 1440. The Labute approximate surface area is 380 Å². The van der Waals surface area contributed by atoms with Crippen LogP contribution in [0.25, 0.3) is 0 Å². The van der Waals surface area contributed by atoms with Crippen LogP contribution in [0.1, 0.15) is 162 Å². The molecular weight excluding hydrogens is 851 g/mol. The summed E-state index contributed by atoms with van der Waals surface area (Å²) in [6, 6.07) is 0. The van der Waals surface area contributed by atoms with Gasteiger partial charge in [-0.15, -0.1) is 0 Å². The first-order valence-electron chi connectivity index (χ1n) is 23.9. The summed E-state index contributed by atoms with van der Waals surface area (Å²) < 4.78 is 34.6. The number of Topliss-reactive ketones (excluding diaryl/α,β-unsaturated/α-hetero) is 1. The van der Waals surface area contributed by atoms with E-state index in [0.717, 1.165) is 57.8 Å². The van der Waals surface area contributed by atoms with Crippen LogP contribution in [0, 0.1) is 11.8 Å². The Morgan fingerprint density at radius 1 is 0.781 bits per heavy atom. The molecule has 1 saturated carbocycles. The van der Waals surface area contributed by atoms with E-state index in [1.165, 1.54) is 31.4 Å². The molecule has 2 bridgehead atoms. The normalized spacial score (nSPS) is 31.5. The molecule has 0 radical (unpaired) electrons. The highest BCUT2D eigenvalue weighted by molar-refractivity contribution is 7.47. The van der Waals surface area contributed by atoms with E-state index in [1.807, 2.05) is 6.92 Å². The Kier molecular flexibility index (Phi) is 30.0. The van der Waals surface area contributed by atoms with Crippen LogP contribution in [0.3, 0.4) is 0 Å². The molecule has 0 spiro atoms. The lowest BCUT2D eigenvalue weighted by molar-refractivity contribution is -0.166. The Hall–Kier alpha value is -2.34. The van der Waals surface area contributed by atoms with Crippen molar-refractivity contribution < 1.29 is 78.1 Å². The highest BCUT2D eigenvalue weighted by Gasteiger charge is 2.49. The number of hydrogen-bond donors (Lipinski definition) is 8. The maximum atomic E-state index is 13.6. The molecule has 1 unspecified atom stereocenters. The minimum atomic E-state index is -5.45. The second-order valence-corrected chi connectivity index (χ2v) is 18.8. The largest absolute Gasteiger partial charge is 0.472 e. The monoisotopic (exact) mass is 933 g/mol. The third-order valence-electron chi connectivity index (χ3n) is 11.8. The van der Waals surface area contributed by atoms with Gasteiger partial charge in [0.15, 0.2) is 6.10 Å². The van der Waals surface area contributed by atoms with Gasteiger partial charge in [0, 0.05) is 31.1 Å². The Morgan fingerprint density at radius 3 is 2.11 bits per heavy atom. The number of carbonyl (C=O) groups is 3. The standard InChI is InChI=1S/C47H81O16P/c1-3-5-7-8-9-10-11-12-13-14-15-16-17-18-23-27-40(51)60-32-35-33-61-64(58,59)63-47-45(56)43(54)37(30-29-34(48)25-21-6-4-2)39(50)31-38(49)36(42(53)44(55)46(47)57)26-22-19-20-24-28-41(52)62-35/h9-10,12-13,29-30,34-37,39,42-48,50,53-57H,3-8,11,14-28,31-33H2,1-2H3,(H,58,59)/b10-9-,13-12-,30-29+/t34-,35+,36-,37-,39+,42+,43+,44-,45+,46+,47+/m0/s1. The zero-order valence-electron chi connectivity index (χ0n) is 38.3. The van der Waals surface area contributed by atoms with Crippen molar-refractivity contribution in [1.82, 2.24) is 0 Å². The van der Waals surface area contributed by atoms with Gasteiger partial charge in [0.25, 0.3) is 0 Å². The number of ether oxygens (including phenoxy) is 2. The van der Waals surface area contributed by atoms with Gasteiger partial charge in [0.05, 0.1) is 31.0 Å². The van der Waals surface area contributed by atoms with E-state index >= 15 is 0 Å². The number of ketones is 1. The summed E-state index contributed by atoms with van der Waals surface area (Å²) in [7, 11) is -5.45. The van der Waals surface area contributed by atoms with Gasteiger partial charge in [0.2, 0.25) is 0 Å². The minimum Gasteiger partial charge on any atom is -0.462 e. The van der Waals surface area contributed by atoms with Gasteiger partial charge < -0.3 is 50.1 Å². The molecular formula is C47H81O16P. The average molecular weight is 933 g/mol. The maximum Gasteiger partial charge on any atom is 0.472 e. The Balaban J connectivity index is 2.15. The first kappa shape index (κ1) is 57.8. The molecule has 0 aromatic carbocycles. The molecule has 12 atom stereocenters. The van der Waals surface area contributed by atoms with Gasteiger partial charge in [-0.1, -0.05) is 121 Å². The summed E-state index contributed by atoms with van der Waals surface area (Å²) in [4.78, 5) is 50.0. The third-order valence-corrected chi connectivity index (χ3v) is 12.8. The number of rotatable bonds is 22. The smallest absolute Gasteiger partial charge is 0.462 e. The lowest BCUT2D eigenvalue weighted by atomic mass is 9.83. The molecule has 0 amide bonds. The van der Waals surface area contributed by atoms with Crippen molar-refractivity contribution in [3.8, 4) is 0 Å². The zero-order valence-corrected chi connectivity index (χ0v) is 39.2. The molecule has 8 N–H and O–H groups in total. The first-order chi connectivity index (χ1) is 30.6. The first-order valence-corrected chi connectivity index (χ1v) is 25.4. The van der Waals surface area contributed by atoms with E-state index in [4.69, 9.17) is 18.5 Å². The molecule has 0 aromatic heterocycles. The fraction of sp³-hybridized carbons (Fsp3) is 0.809. The Morgan fingerprint density at radius 2 is 1.41 bits per heavy atom. The molecule has 1 aliphatic heterocycles. The van der Waals surface area contributed by atoms with Gasteiger partial charge in [-0.05, 0) is 57.8 Å². The van der Waals surface area contributed by atoms with Crippen LogP contribution in [0.4, 0.5) is 0 Å². The van der Waals surface area contributed by atoms with Gasteiger partial charge >= 0.3 is 19.8 Å². The fourth-order valence-electron chi connectivity index (χ4n) is 7.87. The molecule has 2 rings (SSSR count). The fourth-order valence-corrected chi connectivity index (χ4v) is 8.85. The lowest BCUT2D eigenvalue weighted by Gasteiger charge is -2.36. The van der Waals surface area contributed by atoms with Gasteiger partial charge in [0.1, 0.15) is 36.8 Å². The SMILES string of the molecule is CCCCC/C=C\C/C=C\CCCCCCCC(=O)OC[C@@H]1COP(=O)(O)O[C@H]2[C@H](O)[C@@H](O)[C@H](O)[C@@H](CCCCCCC(=O)O1)C(=O)C[C@@H](O)[C@H](/C=C/[C@@H](O)CCCCC)[C@@H](O)[C@H]2O. The quantitative estimate of drug-likeness (QED) is 0.0269. The number of phosphoric acid groups is 1. The van der Waals surface area contributed by atoms with Crippen molar-refractivity contribution in [2.75, 3.05) is 13.2 Å². The molecule has 370 valence electrons. The highest BCUT2D eigenvalue weighted by atomic mass is 31.2. The summed E-state index contributed by atoms with van der Waals surface area (Å²) in [6.07, 6.45) is 8.41. The van der Waals surface area contributed by atoms with Crippen LogP contribution in [0.15, 0.2) is 36.5 Å². The summed E-state index contributed by atoms with van der Waals surface area (Å²) in [6.45, 7) is 2.79. The number of hydrogen-bond acceptors (Lipinski definition) is 15. The summed E-state index contributed by atoms with van der Waals surface area (Å²) in [5, 5.41) is 78.5. The van der Waals surface area contributed by atoms with E-state index in [1.54, 1.807) is 0 Å².